The predicted molar refractivity (Wildman–Crippen MR) is 59.3 cm³/mol. The van der Waals surface area contributed by atoms with Crippen molar-refractivity contribution in [2.45, 2.75) is 26.8 Å². The van der Waals surface area contributed by atoms with Crippen LogP contribution in [0.25, 0.3) is 0 Å². The molecule has 0 aromatic carbocycles. The number of hydrogen-bond acceptors (Lipinski definition) is 5. The molecule has 1 rings (SSSR count). The Kier molecular flexibility index (Phi) is 4.62. The lowest BCUT2D eigenvalue weighted by Gasteiger charge is -2.05. The molecule has 0 spiro atoms. The van der Waals surface area contributed by atoms with Gasteiger partial charge in [0.25, 0.3) is 0 Å². The molecule has 0 saturated carbocycles. The SMILES string of the molecule is CC(C)COC(=O)CCn1ccc([N+](=O)[O-])n1. The number of carbonyl (C=O) groups is 1. The van der Waals surface area contributed by atoms with Crippen molar-refractivity contribution >= 4 is 11.8 Å². The van der Waals surface area contributed by atoms with Gasteiger partial charge in [-0.3, -0.25) is 4.79 Å². The average Bonchev–Trinajstić information content (AvgIpc) is 2.72. The second-order valence-electron chi connectivity index (χ2n) is 4.02. The number of hydrogen-bond donors (Lipinski definition) is 0. The highest BCUT2D eigenvalue weighted by Gasteiger charge is 2.12. The predicted octanol–water partition coefficient (Wildman–Crippen LogP) is 1.38. The summed E-state index contributed by atoms with van der Waals surface area (Å²) < 4.78 is 6.32. The fourth-order valence-electron chi connectivity index (χ4n) is 1.11. The zero-order chi connectivity index (χ0) is 12.8. The van der Waals surface area contributed by atoms with Gasteiger partial charge in [-0.2, -0.15) is 4.68 Å². The molecule has 0 saturated heterocycles. The van der Waals surface area contributed by atoms with Gasteiger partial charge in [0.05, 0.1) is 36.9 Å². The minimum absolute atomic E-state index is 0.158. The molecular weight excluding hydrogens is 226 g/mol. The minimum Gasteiger partial charge on any atom is -0.465 e. The van der Waals surface area contributed by atoms with E-state index in [4.69, 9.17) is 4.74 Å². The average molecular weight is 241 g/mol. The van der Waals surface area contributed by atoms with Crippen LogP contribution in [0.1, 0.15) is 20.3 Å². The second-order valence-corrected chi connectivity index (χ2v) is 4.02. The molecule has 0 atom stereocenters. The van der Waals surface area contributed by atoms with E-state index in [-0.39, 0.29) is 24.8 Å². The van der Waals surface area contributed by atoms with E-state index in [0.29, 0.717) is 12.5 Å². The Balaban J connectivity index is 2.34. The monoisotopic (exact) mass is 241 g/mol. The maximum atomic E-state index is 11.3. The topological polar surface area (TPSA) is 87.3 Å². The van der Waals surface area contributed by atoms with E-state index >= 15 is 0 Å². The molecule has 0 aliphatic carbocycles. The molecule has 0 aliphatic rings. The molecule has 94 valence electrons. The molecule has 1 aromatic heterocycles. The summed E-state index contributed by atoms with van der Waals surface area (Å²) in [5.74, 6) is -0.248. The third-order valence-corrected chi connectivity index (χ3v) is 1.94. The fourth-order valence-corrected chi connectivity index (χ4v) is 1.11. The van der Waals surface area contributed by atoms with Gasteiger partial charge in [0.2, 0.25) is 0 Å². The Morgan fingerprint density at radius 2 is 2.35 bits per heavy atom. The number of esters is 1. The Labute approximate surface area is 98.5 Å². The summed E-state index contributed by atoms with van der Waals surface area (Å²) in [5, 5.41) is 14.1. The number of nitrogens with zero attached hydrogens (tertiary/aromatic N) is 3. The minimum atomic E-state index is -0.576. The number of rotatable bonds is 6. The Bertz CT molecular complexity index is 400. The highest BCUT2D eigenvalue weighted by molar-refractivity contribution is 5.69. The molecule has 0 N–H and O–H groups in total. The van der Waals surface area contributed by atoms with E-state index in [2.05, 4.69) is 5.10 Å². The maximum Gasteiger partial charge on any atom is 0.389 e. The van der Waals surface area contributed by atoms with Crippen LogP contribution in [0.3, 0.4) is 0 Å². The van der Waals surface area contributed by atoms with Gasteiger partial charge in [0, 0.05) is 0 Å². The lowest BCUT2D eigenvalue weighted by molar-refractivity contribution is -0.389. The van der Waals surface area contributed by atoms with Gasteiger partial charge < -0.3 is 14.9 Å². The summed E-state index contributed by atoms with van der Waals surface area (Å²) in [6.07, 6.45) is 1.62. The molecule has 7 heteroatoms. The van der Waals surface area contributed by atoms with Crippen LogP contribution in [0, 0.1) is 16.0 Å². The third-order valence-electron chi connectivity index (χ3n) is 1.94. The van der Waals surface area contributed by atoms with Crippen molar-refractivity contribution in [3.63, 3.8) is 0 Å². The zero-order valence-corrected chi connectivity index (χ0v) is 9.83. The van der Waals surface area contributed by atoms with E-state index < -0.39 is 4.92 Å². The highest BCUT2D eigenvalue weighted by Crippen LogP contribution is 2.06. The van der Waals surface area contributed by atoms with E-state index in [9.17, 15) is 14.9 Å². The van der Waals surface area contributed by atoms with Crippen LogP contribution >= 0.6 is 0 Å². The summed E-state index contributed by atoms with van der Waals surface area (Å²) in [4.78, 5) is 21.1. The molecule has 0 radical (unpaired) electrons. The highest BCUT2D eigenvalue weighted by atomic mass is 16.6. The molecule has 0 bridgehead atoms. The molecule has 1 heterocycles. The van der Waals surface area contributed by atoms with Crippen LogP contribution in [0.2, 0.25) is 0 Å². The molecule has 0 amide bonds. The molecule has 7 nitrogen and oxygen atoms in total. The fraction of sp³-hybridized carbons (Fsp3) is 0.600. The quantitative estimate of drug-likeness (QED) is 0.426. The number of aromatic nitrogens is 2. The summed E-state index contributed by atoms with van der Waals surface area (Å²) >= 11 is 0. The van der Waals surface area contributed by atoms with Gasteiger partial charge in [-0.25, -0.2) is 0 Å². The summed E-state index contributed by atoms with van der Waals surface area (Å²) in [5.41, 5.74) is 0. The third kappa shape index (κ3) is 4.62. The lowest BCUT2D eigenvalue weighted by atomic mass is 10.2. The number of ether oxygens (including phenoxy) is 1. The van der Waals surface area contributed by atoms with Gasteiger partial charge in [0.1, 0.15) is 0 Å². The summed E-state index contributed by atoms with van der Waals surface area (Å²) in [7, 11) is 0. The van der Waals surface area contributed by atoms with Crippen LogP contribution in [-0.4, -0.2) is 27.3 Å². The normalized spacial score (nSPS) is 10.5. The first-order chi connectivity index (χ1) is 7.99. The zero-order valence-electron chi connectivity index (χ0n) is 9.83. The van der Waals surface area contributed by atoms with Crippen LogP contribution < -0.4 is 0 Å². The van der Waals surface area contributed by atoms with Crippen molar-refractivity contribution < 1.29 is 14.5 Å². The number of nitro groups is 1. The van der Waals surface area contributed by atoms with E-state index in [1.54, 1.807) is 0 Å². The standard InChI is InChI=1S/C10H15N3O4/c1-8(2)7-17-10(14)4-6-12-5-3-9(11-12)13(15)16/h3,5,8H,4,6-7H2,1-2H3. The van der Waals surface area contributed by atoms with Gasteiger partial charge >= 0.3 is 11.8 Å². The van der Waals surface area contributed by atoms with Crippen molar-refractivity contribution in [3.8, 4) is 0 Å². The van der Waals surface area contributed by atoms with Gasteiger partial charge in [-0.1, -0.05) is 13.8 Å². The van der Waals surface area contributed by atoms with Crippen LogP contribution in [0.15, 0.2) is 12.3 Å². The van der Waals surface area contributed by atoms with Crippen molar-refractivity contribution in [2.24, 2.45) is 5.92 Å². The number of aryl methyl sites for hydroxylation is 1. The van der Waals surface area contributed by atoms with Gasteiger partial charge in [-0.15, -0.1) is 0 Å². The molecule has 17 heavy (non-hydrogen) atoms. The number of carbonyl (C=O) groups excluding carboxylic acids is 1. The van der Waals surface area contributed by atoms with E-state index in [1.807, 2.05) is 13.8 Å². The Hall–Kier alpha value is -1.92. The first kappa shape index (κ1) is 13.1. The molecular formula is C10H15N3O4. The smallest absolute Gasteiger partial charge is 0.389 e. The van der Waals surface area contributed by atoms with Crippen LogP contribution in [0.4, 0.5) is 5.82 Å². The van der Waals surface area contributed by atoms with Crippen LogP contribution in [0.5, 0.6) is 0 Å². The first-order valence-electron chi connectivity index (χ1n) is 5.32. The molecule has 0 fully saturated rings. The lowest BCUT2D eigenvalue weighted by Crippen LogP contribution is -2.12. The van der Waals surface area contributed by atoms with Gasteiger partial charge in [-0.05, 0) is 10.8 Å². The summed E-state index contributed by atoms with van der Waals surface area (Å²) in [6.45, 7) is 4.57. The Morgan fingerprint density at radius 3 is 2.88 bits per heavy atom. The first-order valence-corrected chi connectivity index (χ1v) is 5.32. The van der Waals surface area contributed by atoms with Crippen molar-refractivity contribution in [3.05, 3.63) is 22.4 Å². The molecule has 0 unspecified atom stereocenters. The maximum absolute atomic E-state index is 11.3. The van der Waals surface area contributed by atoms with Gasteiger partial charge in [0.15, 0.2) is 0 Å². The van der Waals surface area contributed by atoms with E-state index in [1.165, 1.54) is 16.9 Å². The second kappa shape index (κ2) is 5.97. The van der Waals surface area contributed by atoms with Crippen molar-refractivity contribution in [2.75, 3.05) is 6.61 Å². The van der Waals surface area contributed by atoms with Crippen LogP contribution in [-0.2, 0) is 16.1 Å². The summed E-state index contributed by atoms with van der Waals surface area (Å²) in [6, 6.07) is 1.29. The van der Waals surface area contributed by atoms with E-state index in [0.717, 1.165) is 0 Å². The molecule has 0 aliphatic heterocycles. The Morgan fingerprint density at radius 1 is 1.65 bits per heavy atom. The van der Waals surface area contributed by atoms with Crippen molar-refractivity contribution in [1.82, 2.24) is 9.78 Å². The molecule has 1 aromatic rings. The largest absolute Gasteiger partial charge is 0.465 e. The van der Waals surface area contributed by atoms with Crippen molar-refractivity contribution in [1.29, 1.82) is 0 Å².